The Labute approximate surface area is 56.8 Å². The number of hydrogen-bond acceptors (Lipinski definition) is 2. The molecule has 2 heteroatoms. The van der Waals surface area contributed by atoms with Crippen LogP contribution in [0, 0.1) is 5.41 Å². The molecule has 0 saturated carbocycles. The lowest BCUT2D eigenvalue weighted by Gasteiger charge is -2.27. The van der Waals surface area contributed by atoms with Crippen LogP contribution >= 0.6 is 0 Å². The molecule has 0 amide bonds. The van der Waals surface area contributed by atoms with E-state index in [1.165, 1.54) is 0 Å². The zero-order chi connectivity index (χ0) is 7.49. The van der Waals surface area contributed by atoms with Gasteiger partial charge in [-0.2, -0.15) is 0 Å². The molecule has 0 heterocycles. The summed E-state index contributed by atoms with van der Waals surface area (Å²) in [5.41, 5.74) is -0.116. The minimum atomic E-state index is -0.116. The molecule has 0 aromatic rings. The van der Waals surface area contributed by atoms with Crippen molar-refractivity contribution in [3.8, 4) is 0 Å². The average Bonchev–Trinajstić information content (AvgIpc) is 1.86. The molecule has 0 fully saturated rings. The largest absolute Gasteiger partial charge is 0.396 e. The van der Waals surface area contributed by atoms with Crippen LogP contribution in [0.25, 0.3) is 0 Å². The van der Waals surface area contributed by atoms with Gasteiger partial charge in [-0.05, 0) is 6.92 Å². The van der Waals surface area contributed by atoms with Gasteiger partial charge in [0.1, 0.15) is 0 Å². The fraction of sp³-hybridized carbons (Fsp3) is 1.00. The molecule has 0 rings (SSSR count). The molecule has 56 valence electrons. The number of hydrogen-bond donors (Lipinski definition) is 1. The van der Waals surface area contributed by atoms with Crippen molar-refractivity contribution >= 4 is 0 Å². The van der Waals surface area contributed by atoms with Crippen LogP contribution in [-0.2, 0) is 4.74 Å². The Kier molecular flexibility index (Phi) is 3.15. The second-order valence-electron chi connectivity index (χ2n) is 3.02. The molecule has 0 aliphatic carbocycles. The third-order valence-electron chi connectivity index (χ3n) is 1.86. The van der Waals surface area contributed by atoms with E-state index in [2.05, 4.69) is 0 Å². The van der Waals surface area contributed by atoms with E-state index in [1.54, 1.807) is 7.11 Å². The maximum absolute atomic E-state index is 8.82. The second kappa shape index (κ2) is 3.18. The van der Waals surface area contributed by atoms with E-state index in [0.29, 0.717) is 0 Å². The van der Waals surface area contributed by atoms with Gasteiger partial charge in [-0.3, -0.25) is 0 Å². The zero-order valence-corrected chi connectivity index (χ0v) is 6.64. The van der Waals surface area contributed by atoms with Gasteiger partial charge in [0.05, 0.1) is 12.7 Å². The van der Waals surface area contributed by atoms with E-state index in [-0.39, 0.29) is 18.1 Å². The van der Waals surface area contributed by atoms with Crippen LogP contribution in [-0.4, -0.2) is 24.9 Å². The highest BCUT2D eigenvalue weighted by Crippen LogP contribution is 2.20. The van der Waals surface area contributed by atoms with Gasteiger partial charge in [0, 0.05) is 12.5 Å². The van der Waals surface area contributed by atoms with Crippen LogP contribution in [0.15, 0.2) is 0 Å². The summed E-state index contributed by atoms with van der Waals surface area (Å²) in [5, 5.41) is 8.82. The summed E-state index contributed by atoms with van der Waals surface area (Å²) in [4.78, 5) is 0. The molecule has 0 radical (unpaired) electrons. The maximum atomic E-state index is 8.82. The summed E-state index contributed by atoms with van der Waals surface area (Å²) in [6, 6.07) is 0. The van der Waals surface area contributed by atoms with Crippen LogP contribution in [0.4, 0.5) is 0 Å². The minimum Gasteiger partial charge on any atom is -0.396 e. The van der Waals surface area contributed by atoms with Crippen molar-refractivity contribution in [2.24, 2.45) is 5.41 Å². The number of ether oxygens (including phenoxy) is 1. The van der Waals surface area contributed by atoms with Crippen LogP contribution in [0.5, 0.6) is 0 Å². The first-order valence-electron chi connectivity index (χ1n) is 3.18. The van der Waals surface area contributed by atoms with Crippen molar-refractivity contribution in [1.29, 1.82) is 0 Å². The van der Waals surface area contributed by atoms with Gasteiger partial charge >= 0.3 is 0 Å². The zero-order valence-electron chi connectivity index (χ0n) is 6.64. The third kappa shape index (κ3) is 2.33. The lowest BCUT2D eigenvalue weighted by Crippen LogP contribution is -2.31. The van der Waals surface area contributed by atoms with Crippen LogP contribution in [0.1, 0.15) is 20.8 Å². The van der Waals surface area contributed by atoms with Crippen molar-refractivity contribution in [2.45, 2.75) is 26.9 Å². The number of aliphatic hydroxyl groups excluding tert-OH is 1. The van der Waals surface area contributed by atoms with E-state index in [1.807, 2.05) is 20.8 Å². The van der Waals surface area contributed by atoms with Gasteiger partial charge in [-0.15, -0.1) is 0 Å². The lowest BCUT2D eigenvalue weighted by molar-refractivity contribution is -0.0115. The molecule has 9 heavy (non-hydrogen) atoms. The second-order valence-corrected chi connectivity index (χ2v) is 3.02. The molecule has 0 bridgehead atoms. The summed E-state index contributed by atoms with van der Waals surface area (Å²) in [7, 11) is 1.65. The van der Waals surface area contributed by atoms with E-state index in [0.717, 1.165) is 0 Å². The summed E-state index contributed by atoms with van der Waals surface area (Å²) in [5.74, 6) is 0. The molecule has 0 aromatic heterocycles. The average molecular weight is 132 g/mol. The highest BCUT2D eigenvalue weighted by Gasteiger charge is 2.24. The topological polar surface area (TPSA) is 29.5 Å². The van der Waals surface area contributed by atoms with Gasteiger partial charge < -0.3 is 9.84 Å². The Morgan fingerprint density at radius 3 is 2.11 bits per heavy atom. The molecular formula is C7H16O2. The first-order valence-corrected chi connectivity index (χ1v) is 3.18. The molecule has 0 aliphatic rings. The first kappa shape index (κ1) is 8.92. The molecule has 2 nitrogen and oxygen atoms in total. The highest BCUT2D eigenvalue weighted by atomic mass is 16.5. The maximum Gasteiger partial charge on any atom is 0.0616 e. The number of rotatable bonds is 3. The lowest BCUT2D eigenvalue weighted by atomic mass is 9.89. The van der Waals surface area contributed by atoms with E-state index in [9.17, 15) is 0 Å². The normalized spacial score (nSPS) is 15.7. The summed E-state index contributed by atoms with van der Waals surface area (Å²) >= 11 is 0. The van der Waals surface area contributed by atoms with E-state index in [4.69, 9.17) is 9.84 Å². The van der Waals surface area contributed by atoms with Gasteiger partial charge in [-0.25, -0.2) is 0 Å². The van der Waals surface area contributed by atoms with Crippen LogP contribution in [0.2, 0.25) is 0 Å². The Bertz CT molecular complexity index is 79.0. The monoisotopic (exact) mass is 132 g/mol. The standard InChI is InChI=1S/C7H16O2/c1-6(9-4)7(2,3)5-8/h6,8H,5H2,1-4H3/t6-/m0/s1. The van der Waals surface area contributed by atoms with E-state index < -0.39 is 0 Å². The Hall–Kier alpha value is -0.0800. The predicted octanol–water partition coefficient (Wildman–Crippen LogP) is 1.04. The number of aliphatic hydroxyl groups is 1. The molecule has 1 N–H and O–H groups in total. The van der Waals surface area contributed by atoms with Crippen LogP contribution in [0.3, 0.4) is 0 Å². The molecule has 0 spiro atoms. The fourth-order valence-electron chi connectivity index (χ4n) is 0.448. The SMILES string of the molecule is CO[C@@H](C)C(C)(C)CO. The third-order valence-corrected chi connectivity index (χ3v) is 1.86. The van der Waals surface area contributed by atoms with Crippen molar-refractivity contribution in [3.63, 3.8) is 0 Å². The van der Waals surface area contributed by atoms with Crippen molar-refractivity contribution < 1.29 is 9.84 Å². The molecule has 0 aromatic carbocycles. The Morgan fingerprint density at radius 2 is 2.00 bits per heavy atom. The van der Waals surface area contributed by atoms with E-state index >= 15 is 0 Å². The minimum absolute atomic E-state index is 0.113. The summed E-state index contributed by atoms with van der Waals surface area (Å²) in [6.45, 7) is 6.07. The Balaban J connectivity index is 3.80. The smallest absolute Gasteiger partial charge is 0.0616 e. The van der Waals surface area contributed by atoms with Crippen LogP contribution < -0.4 is 0 Å². The van der Waals surface area contributed by atoms with Gasteiger partial charge in [0.2, 0.25) is 0 Å². The Morgan fingerprint density at radius 1 is 1.56 bits per heavy atom. The molecule has 1 atom stereocenters. The quantitative estimate of drug-likeness (QED) is 0.621. The van der Waals surface area contributed by atoms with Gasteiger partial charge in [-0.1, -0.05) is 13.8 Å². The van der Waals surface area contributed by atoms with Crippen molar-refractivity contribution in [2.75, 3.05) is 13.7 Å². The number of methoxy groups -OCH3 is 1. The fourth-order valence-corrected chi connectivity index (χ4v) is 0.448. The molecule has 0 aliphatic heterocycles. The molecular weight excluding hydrogens is 116 g/mol. The van der Waals surface area contributed by atoms with Crippen molar-refractivity contribution in [3.05, 3.63) is 0 Å². The summed E-state index contributed by atoms with van der Waals surface area (Å²) in [6.07, 6.45) is 0.113. The molecule has 0 saturated heterocycles. The predicted molar refractivity (Wildman–Crippen MR) is 37.3 cm³/mol. The first-order chi connectivity index (χ1) is 4.04. The summed E-state index contributed by atoms with van der Waals surface area (Å²) < 4.78 is 5.05. The molecule has 0 unspecified atom stereocenters. The highest BCUT2D eigenvalue weighted by molar-refractivity contribution is 4.73. The van der Waals surface area contributed by atoms with Gasteiger partial charge in [0.25, 0.3) is 0 Å². The van der Waals surface area contributed by atoms with Crippen molar-refractivity contribution in [1.82, 2.24) is 0 Å². The van der Waals surface area contributed by atoms with Gasteiger partial charge in [0.15, 0.2) is 0 Å².